The van der Waals surface area contributed by atoms with Gasteiger partial charge in [-0.05, 0) is 60.2 Å². The van der Waals surface area contributed by atoms with E-state index in [1.165, 1.54) is 11.3 Å². The van der Waals surface area contributed by atoms with Crippen molar-refractivity contribution in [3.8, 4) is 11.1 Å². The maximum absolute atomic E-state index is 13.0. The van der Waals surface area contributed by atoms with Gasteiger partial charge in [0.05, 0.1) is 17.8 Å². The van der Waals surface area contributed by atoms with E-state index in [-0.39, 0.29) is 0 Å². The highest BCUT2D eigenvalue weighted by Crippen LogP contribution is 2.37. The molecule has 1 unspecified atom stereocenters. The Hall–Kier alpha value is -3.66. The summed E-state index contributed by atoms with van der Waals surface area (Å²) in [4.78, 5) is 22.6. The van der Waals surface area contributed by atoms with Crippen LogP contribution in [0.2, 0.25) is 0 Å². The number of hydrogen-bond acceptors (Lipinski definition) is 6. The number of carbonyl (C=O) groups is 1. The van der Waals surface area contributed by atoms with Crippen molar-refractivity contribution in [2.45, 2.75) is 33.7 Å². The first-order valence-electron chi connectivity index (χ1n) is 11.9. The Labute approximate surface area is 221 Å². The largest absolute Gasteiger partial charge is 0.755 e. The number of benzene rings is 2. The van der Waals surface area contributed by atoms with E-state index < -0.39 is 17.2 Å². The third kappa shape index (κ3) is 4.85. The molecule has 37 heavy (non-hydrogen) atoms. The van der Waals surface area contributed by atoms with Crippen LogP contribution in [-0.2, 0) is 24.2 Å². The number of fused-ring (bicyclic) bond motifs is 1. The first-order valence-corrected chi connectivity index (χ1v) is 13.8. The number of thiophene rings is 1. The molecule has 1 amide bonds. The molecule has 2 aromatic carbocycles. The van der Waals surface area contributed by atoms with E-state index in [1.807, 2.05) is 43.3 Å². The SMILES string of the molecule is CCc1nc2c(C)cc(C)nc2n1Cc1ccc(-c2ccsc2N(C(=O)c2ccccc2)S(=O)[O-])cc1. The standard InChI is InChI=1S/C28H26N4O3S2/c1-4-24-30-25-18(2)16-19(3)29-26(25)31(24)17-20-10-12-21(13-11-20)23-14-15-36-28(23)32(37(34)35)27(33)22-8-6-5-7-9-22/h5-16H,4,17H2,1-3H3,(H,34,35)/p-1. The van der Waals surface area contributed by atoms with Crippen LogP contribution in [0.25, 0.3) is 22.3 Å². The maximum atomic E-state index is 13.0. The van der Waals surface area contributed by atoms with Crippen LogP contribution in [0, 0.1) is 13.8 Å². The van der Waals surface area contributed by atoms with Gasteiger partial charge < -0.3 is 9.12 Å². The summed E-state index contributed by atoms with van der Waals surface area (Å²) in [5.41, 5.74) is 6.76. The number of rotatable bonds is 7. The number of aryl methyl sites for hydroxylation is 3. The van der Waals surface area contributed by atoms with E-state index in [0.717, 1.165) is 50.1 Å². The third-order valence-electron chi connectivity index (χ3n) is 6.21. The fourth-order valence-corrected chi connectivity index (χ4v) is 6.07. The molecule has 3 aromatic heterocycles. The zero-order chi connectivity index (χ0) is 26.1. The minimum atomic E-state index is -2.77. The molecule has 0 N–H and O–H groups in total. The maximum Gasteiger partial charge on any atom is 0.270 e. The number of pyridine rings is 1. The lowest BCUT2D eigenvalue weighted by Crippen LogP contribution is -2.32. The number of imidazole rings is 1. The highest BCUT2D eigenvalue weighted by Gasteiger charge is 2.23. The molecule has 9 heteroatoms. The van der Waals surface area contributed by atoms with Gasteiger partial charge in [0.2, 0.25) is 0 Å². The van der Waals surface area contributed by atoms with Crippen molar-refractivity contribution in [2.75, 3.05) is 4.31 Å². The normalized spacial score (nSPS) is 12.1. The van der Waals surface area contributed by atoms with Crippen molar-refractivity contribution in [3.63, 3.8) is 0 Å². The van der Waals surface area contributed by atoms with Crippen LogP contribution >= 0.6 is 11.3 Å². The summed E-state index contributed by atoms with van der Waals surface area (Å²) < 4.78 is 27.3. The molecule has 0 aliphatic rings. The molecule has 7 nitrogen and oxygen atoms in total. The fourth-order valence-electron chi connectivity index (χ4n) is 4.46. The monoisotopic (exact) mass is 529 g/mol. The molecule has 1 atom stereocenters. The van der Waals surface area contributed by atoms with Crippen molar-refractivity contribution in [1.82, 2.24) is 14.5 Å². The van der Waals surface area contributed by atoms with Gasteiger partial charge >= 0.3 is 0 Å². The Morgan fingerprint density at radius 3 is 2.46 bits per heavy atom. The predicted octanol–water partition coefficient (Wildman–Crippen LogP) is 5.83. The Balaban J connectivity index is 1.47. The van der Waals surface area contributed by atoms with Crippen LogP contribution in [-0.4, -0.2) is 29.2 Å². The molecule has 5 rings (SSSR count). The molecule has 0 radical (unpaired) electrons. The number of nitrogens with zero attached hydrogens (tertiary/aromatic N) is 4. The summed E-state index contributed by atoms with van der Waals surface area (Å²) in [6.45, 7) is 6.75. The highest BCUT2D eigenvalue weighted by atomic mass is 32.2. The van der Waals surface area contributed by atoms with Gasteiger partial charge in [-0.1, -0.05) is 49.4 Å². The van der Waals surface area contributed by atoms with Crippen molar-refractivity contribution < 1.29 is 13.6 Å². The first-order chi connectivity index (χ1) is 17.9. The van der Waals surface area contributed by atoms with Crippen molar-refractivity contribution >= 4 is 44.7 Å². The van der Waals surface area contributed by atoms with E-state index in [0.29, 0.717) is 22.7 Å². The zero-order valence-electron chi connectivity index (χ0n) is 20.7. The van der Waals surface area contributed by atoms with E-state index in [2.05, 4.69) is 18.4 Å². The van der Waals surface area contributed by atoms with Crippen LogP contribution in [0.1, 0.15) is 39.9 Å². The second-order valence-electron chi connectivity index (χ2n) is 8.74. The van der Waals surface area contributed by atoms with Gasteiger partial charge in [0.1, 0.15) is 16.3 Å². The molecule has 3 heterocycles. The lowest BCUT2D eigenvalue weighted by molar-refractivity contribution is 0.101. The third-order valence-corrected chi connectivity index (χ3v) is 7.87. The predicted molar refractivity (Wildman–Crippen MR) is 147 cm³/mol. The van der Waals surface area contributed by atoms with E-state index >= 15 is 0 Å². The quantitative estimate of drug-likeness (QED) is 0.248. The number of carbonyl (C=O) groups excluding carboxylic acids is 1. The second kappa shape index (κ2) is 10.4. The molecule has 0 spiro atoms. The van der Waals surface area contributed by atoms with Crippen LogP contribution < -0.4 is 4.31 Å². The summed E-state index contributed by atoms with van der Waals surface area (Å²) in [6, 6.07) is 20.2. The minimum Gasteiger partial charge on any atom is -0.755 e. The smallest absolute Gasteiger partial charge is 0.270 e. The molecular weight excluding hydrogens is 504 g/mol. The van der Waals surface area contributed by atoms with Gasteiger partial charge in [0.25, 0.3) is 5.91 Å². The van der Waals surface area contributed by atoms with Crippen molar-refractivity contribution in [3.05, 3.63) is 100 Å². The molecule has 0 fully saturated rings. The van der Waals surface area contributed by atoms with Crippen molar-refractivity contribution in [1.29, 1.82) is 0 Å². The van der Waals surface area contributed by atoms with Gasteiger partial charge in [0, 0.05) is 23.2 Å². The summed E-state index contributed by atoms with van der Waals surface area (Å²) >= 11 is -1.56. The van der Waals surface area contributed by atoms with Gasteiger partial charge in [-0.2, -0.15) is 0 Å². The summed E-state index contributed by atoms with van der Waals surface area (Å²) in [6.07, 6.45) is 0.794. The van der Waals surface area contributed by atoms with Crippen LogP contribution in [0.4, 0.5) is 5.00 Å². The van der Waals surface area contributed by atoms with Crippen molar-refractivity contribution in [2.24, 2.45) is 0 Å². The summed E-state index contributed by atoms with van der Waals surface area (Å²) in [5.74, 6) is 0.389. The first kappa shape index (κ1) is 25.0. The average molecular weight is 530 g/mol. The van der Waals surface area contributed by atoms with Crippen LogP contribution in [0.15, 0.2) is 72.1 Å². The molecule has 5 aromatic rings. The minimum absolute atomic E-state index is 0.305. The lowest BCUT2D eigenvalue weighted by Gasteiger charge is -2.24. The number of aromatic nitrogens is 3. The van der Waals surface area contributed by atoms with Gasteiger partial charge in [-0.25, -0.2) is 14.3 Å². The van der Waals surface area contributed by atoms with Crippen LogP contribution in [0.5, 0.6) is 0 Å². The second-order valence-corrected chi connectivity index (χ2v) is 10.4. The zero-order valence-corrected chi connectivity index (χ0v) is 22.3. The molecule has 0 saturated heterocycles. The molecular formula is C28H25N4O3S2-. The van der Waals surface area contributed by atoms with E-state index in [1.54, 1.807) is 35.7 Å². The van der Waals surface area contributed by atoms with E-state index in [4.69, 9.17) is 9.97 Å². The number of hydrogen-bond donors (Lipinski definition) is 0. The molecule has 0 aliphatic heterocycles. The number of anilines is 1. The Morgan fingerprint density at radius 2 is 1.78 bits per heavy atom. The molecule has 188 valence electrons. The fraction of sp³-hybridized carbons (Fsp3) is 0.179. The molecule has 0 saturated carbocycles. The molecule has 0 bridgehead atoms. The van der Waals surface area contributed by atoms with E-state index in [9.17, 15) is 13.6 Å². The topological polar surface area (TPSA) is 91.2 Å². The highest BCUT2D eigenvalue weighted by molar-refractivity contribution is 7.81. The molecule has 0 aliphatic carbocycles. The Morgan fingerprint density at radius 1 is 1.05 bits per heavy atom. The Kier molecular flexibility index (Phi) is 7.01. The lowest BCUT2D eigenvalue weighted by atomic mass is 10.1. The number of amides is 1. The van der Waals surface area contributed by atoms with Crippen LogP contribution in [0.3, 0.4) is 0 Å². The Bertz CT molecular complexity index is 1610. The average Bonchev–Trinajstić information content (AvgIpc) is 3.50. The van der Waals surface area contributed by atoms with Gasteiger partial charge in [-0.3, -0.25) is 9.00 Å². The van der Waals surface area contributed by atoms with Gasteiger partial charge in [0.15, 0.2) is 5.65 Å². The summed E-state index contributed by atoms with van der Waals surface area (Å²) in [5, 5.41) is 2.15. The summed E-state index contributed by atoms with van der Waals surface area (Å²) in [7, 11) is 0. The van der Waals surface area contributed by atoms with Gasteiger partial charge in [-0.15, -0.1) is 11.3 Å².